The van der Waals surface area contributed by atoms with Crippen LogP contribution in [0.2, 0.25) is 0 Å². The maximum Gasteiger partial charge on any atom is 0.194 e. The summed E-state index contributed by atoms with van der Waals surface area (Å²) >= 11 is 0. The Labute approximate surface area is 83.0 Å². The molecule has 0 N–H and O–H groups in total. The summed E-state index contributed by atoms with van der Waals surface area (Å²) in [6.07, 6.45) is 0.0684. The van der Waals surface area contributed by atoms with Crippen molar-refractivity contribution in [2.75, 3.05) is 0 Å². The zero-order valence-corrected chi connectivity index (χ0v) is 7.39. The van der Waals surface area contributed by atoms with Crippen molar-refractivity contribution in [1.29, 1.82) is 0 Å². The van der Waals surface area contributed by atoms with Gasteiger partial charge in [0.1, 0.15) is 5.94 Å². The quantitative estimate of drug-likeness (QED) is 0.435. The van der Waals surface area contributed by atoms with Gasteiger partial charge in [0.2, 0.25) is 0 Å². The zero-order valence-electron chi connectivity index (χ0n) is 7.39. The first kappa shape index (κ1) is 11.2. The van der Waals surface area contributed by atoms with Gasteiger partial charge in [-0.25, -0.2) is 18.0 Å². The average Bonchev–Trinajstić information content (AvgIpc) is 2.20. The summed E-state index contributed by atoms with van der Waals surface area (Å²) in [5.74, 6) is -3.88. The molecule has 15 heavy (non-hydrogen) atoms. The summed E-state index contributed by atoms with van der Waals surface area (Å²) < 4.78 is 38.1. The molecule has 0 fully saturated rings. The van der Waals surface area contributed by atoms with Gasteiger partial charge in [0, 0.05) is 6.42 Å². The first-order valence-electron chi connectivity index (χ1n) is 3.92. The van der Waals surface area contributed by atoms with Crippen LogP contribution in [0.5, 0.6) is 0 Å². The molecule has 0 amide bonds. The predicted octanol–water partition coefficient (Wildman–Crippen LogP) is 1.60. The fourth-order valence-corrected chi connectivity index (χ4v) is 1.01. The van der Waals surface area contributed by atoms with Crippen molar-refractivity contribution < 1.29 is 22.8 Å². The van der Waals surface area contributed by atoms with Gasteiger partial charge in [-0.05, 0) is 11.6 Å². The van der Waals surface area contributed by atoms with E-state index in [4.69, 9.17) is 0 Å². The normalized spacial score (nSPS) is 9.53. The Bertz CT molecular complexity index is 448. The van der Waals surface area contributed by atoms with Crippen molar-refractivity contribution in [3.63, 3.8) is 0 Å². The molecule has 1 aromatic rings. The summed E-state index contributed by atoms with van der Waals surface area (Å²) in [4.78, 5) is 20.6. The highest BCUT2D eigenvalue weighted by atomic mass is 19.2. The lowest BCUT2D eigenvalue weighted by atomic mass is 10.1. The Morgan fingerprint density at radius 2 is 1.93 bits per heavy atom. The monoisotopic (exact) mass is 214 g/mol. The predicted molar refractivity (Wildman–Crippen MR) is 45.3 cm³/mol. The van der Waals surface area contributed by atoms with E-state index in [1.54, 1.807) is 0 Å². The lowest BCUT2D eigenvalue weighted by Crippen LogP contribution is -2.04. The van der Waals surface area contributed by atoms with Crippen molar-refractivity contribution in [3.05, 3.63) is 41.2 Å². The highest BCUT2D eigenvalue weighted by Gasteiger charge is 2.14. The van der Waals surface area contributed by atoms with Gasteiger partial charge in [-0.2, -0.15) is 0 Å². The van der Waals surface area contributed by atoms with Crippen LogP contribution < -0.4 is 0 Å². The first-order chi connectivity index (χ1) is 7.06. The van der Waals surface area contributed by atoms with Crippen LogP contribution in [0, 0.1) is 17.5 Å². The van der Waals surface area contributed by atoms with E-state index in [2.05, 4.69) is 0 Å². The first-order valence-corrected chi connectivity index (χ1v) is 3.92. The molecule has 1 aromatic carbocycles. The minimum absolute atomic E-state index is 0.301. The third-order valence-corrected chi connectivity index (χ3v) is 1.70. The molecular weight excluding hydrogens is 209 g/mol. The lowest BCUT2D eigenvalue weighted by molar-refractivity contribution is -0.113. The Morgan fingerprint density at radius 3 is 2.53 bits per heavy atom. The van der Waals surface area contributed by atoms with Crippen molar-refractivity contribution >= 4 is 11.7 Å². The van der Waals surface area contributed by atoms with Crippen molar-refractivity contribution in [3.8, 4) is 0 Å². The molecule has 0 aliphatic rings. The van der Waals surface area contributed by atoms with Crippen LogP contribution in [0.3, 0.4) is 0 Å². The second kappa shape index (κ2) is 4.57. The van der Waals surface area contributed by atoms with Crippen LogP contribution >= 0.6 is 0 Å². The molecule has 0 aliphatic carbocycles. The summed E-state index contributed by atoms with van der Waals surface area (Å²) in [7, 11) is 0. The molecule has 5 heteroatoms. The van der Waals surface area contributed by atoms with E-state index in [-0.39, 0.29) is 5.56 Å². The minimum atomic E-state index is -1.63. The number of hydrogen-bond acceptors (Lipinski definition) is 2. The molecule has 1 rings (SSSR count). The van der Waals surface area contributed by atoms with Crippen LogP contribution in [0.1, 0.15) is 5.56 Å². The Hall–Kier alpha value is -1.87. The molecule has 0 saturated carbocycles. The molecular formula is C10H5F3O2. The highest BCUT2D eigenvalue weighted by molar-refractivity contribution is 5.97. The van der Waals surface area contributed by atoms with Crippen molar-refractivity contribution in [1.82, 2.24) is 0 Å². The lowest BCUT2D eigenvalue weighted by Gasteiger charge is -2.01. The average molecular weight is 214 g/mol. The van der Waals surface area contributed by atoms with Gasteiger partial charge >= 0.3 is 0 Å². The Balaban J connectivity index is 3.01. The number of ketones is 1. The zero-order chi connectivity index (χ0) is 11.4. The van der Waals surface area contributed by atoms with Crippen LogP contribution in [0.15, 0.2) is 18.2 Å². The molecule has 0 heterocycles. The summed E-state index contributed by atoms with van der Waals surface area (Å²) in [6.45, 7) is 0. The highest BCUT2D eigenvalue weighted by Crippen LogP contribution is 2.15. The third-order valence-electron chi connectivity index (χ3n) is 1.70. The number of carbonyl (C=O) groups excluding carboxylic acids is 2. The van der Waals surface area contributed by atoms with Crippen LogP contribution in [0.25, 0.3) is 0 Å². The number of carbonyl (C=O) groups is 1. The molecule has 0 bridgehead atoms. The van der Waals surface area contributed by atoms with E-state index >= 15 is 0 Å². The third kappa shape index (κ3) is 2.54. The summed E-state index contributed by atoms with van der Waals surface area (Å²) in [5, 5.41) is 0. The molecule has 0 aromatic heterocycles. The standard InChI is InChI=1S/C10H5F3O2/c11-8-2-1-6(9(12)10(8)13)5-7(15)3-4-14/h1-3H,5H2. The smallest absolute Gasteiger partial charge is 0.194 e. The molecule has 0 unspecified atom stereocenters. The molecule has 0 saturated heterocycles. The van der Waals surface area contributed by atoms with Gasteiger partial charge in [-0.15, -0.1) is 0 Å². The Kier molecular flexibility index (Phi) is 3.42. The van der Waals surface area contributed by atoms with Crippen LogP contribution in [-0.4, -0.2) is 11.7 Å². The topological polar surface area (TPSA) is 34.1 Å². The van der Waals surface area contributed by atoms with Crippen molar-refractivity contribution in [2.24, 2.45) is 0 Å². The van der Waals surface area contributed by atoms with Crippen LogP contribution in [0.4, 0.5) is 13.2 Å². The largest absolute Gasteiger partial charge is 0.294 e. The van der Waals surface area contributed by atoms with Gasteiger partial charge < -0.3 is 0 Å². The van der Waals surface area contributed by atoms with E-state index in [1.807, 2.05) is 0 Å². The maximum atomic E-state index is 13.0. The van der Waals surface area contributed by atoms with E-state index in [9.17, 15) is 22.8 Å². The van der Waals surface area contributed by atoms with E-state index in [1.165, 1.54) is 5.94 Å². The fraction of sp³-hybridized carbons (Fsp3) is 0.100. The van der Waals surface area contributed by atoms with Crippen molar-refractivity contribution in [2.45, 2.75) is 6.42 Å². The summed E-state index contributed by atoms with van der Waals surface area (Å²) in [6, 6.07) is 1.66. The molecule has 78 valence electrons. The van der Waals surface area contributed by atoms with Gasteiger partial charge in [-0.1, -0.05) is 6.07 Å². The molecule has 0 aliphatic heterocycles. The fourth-order valence-electron chi connectivity index (χ4n) is 1.01. The summed E-state index contributed by atoms with van der Waals surface area (Å²) in [5.41, 5.74) is -0.301. The SMILES string of the molecule is O=C=CC(=O)Cc1ccc(F)c(F)c1F. The minimum Gasteiger partial charge on any atom is -0.294 e. The number of hydrogen-bond donors (Lipinski definition) is 0. The number of halogens is 3. The second-order valence-electron chi connectivity index (χ2n) is 2.74. The number of benzene rings is 1. The maximum absolute atomic E-state index is 13.0. The Morgan fingerprint density at radius 1 is 1.27 bits per heavy atom. The van der Waals surface area contributed by atoms with Gasteiger partial charge in [0.05, 0.1) is 6.08 Å². The van der Waals surface area contributed by atoms with E-state index in [0.717, 1.165) is 6.07 Å². The van der Waals surface area contributed by atoms with E-state index in [0.29, 0.717) is 12.1 Å². The van der Waals surface area contributed by atoms with Gasteiger partial charge in [0.15, 0.2) is 23.2 Å². The molecule has 0 spiro atoms. The van der Waals surface area contributed by atoms with Gasteiger partial charge in [0.25, 0.3) is 0 Å². The molecule has 2 nitrogen and oxygen atoms in total. The van der Waals surface area contributed by atoms with Crippen LogP contribution in [-0.2, 0) is 16.0 Å². The number of allylic oxidation sites excluding steroid dienone is 1. The molecule has 0 atom stereocenters. The van der Waals surface area contributed by atoms with E-state index < -0.39 is 29.7 Å². The second-order valence-corrected chi connectivity index (χ2v) is 2.74. The number of rotatable bonds is 3. The molecule has 0 radical (unpaired) electrons. The van der Waals surface area contributed by atoms with Gasteiger partial charge in [-0.3, -0.25) is 4.79 Å².